The molecule has 0 radical (unpaired) electrons. The molecule has 0 N–H and O–H groups in total. The Morgan fingerprint density at radius 2 is 1.62 bits per heavy atom. The van der Waals surface area contributed by atoms with Gasteiger partial charge in [0.25, 0.3) is 11.2 Å². The minimum atomic E-state index is -6.12. The summed E-state index contributed by atoms with van der Waals surface area (Å²) in [5, 5.41) is -4.95. The van der Waals surface area contributed by atoms with Crippen molar-refractivity contribution in [3.8, 4) is 0 Å². The summed E-state index contributed by atoms with van der Waals surface area (Å²) < 4.78 is 75.6. The molecule has 206 valence electrons. The maximum absolute atomic E-state index is 13.6. The van der Waals surface area contributed by atoms with Gasteiger partial charge in [0.2, 0.25) is 5.91 Å². The van der Waals surface area contributed by atoms with Crippen molar-refractivity contribution in [3.63, 3.8) is 0 Å². The molecule has 2 bridgehead atoms. The number of rotatable bonds is 6. The number of amides is 1. The molecule has 0 aromatic carbocycles. The van der Waals surface area contributed by atoms with Crippen LogP contribution in [-0.2, 0) is 38.7 Å². The minimum Gasteiger partial charge on any atom is -0.746 e. The van der Waals surface area contributed by atoms with Crippen LogP contribution >= 0.6 is 0 Å². The number of alkyl halides is 2. The van der Waals surface area contributed by atoms with Crippen LogP contribution in [0.1, 0.15) is 65.7 Å². The largest absolute Gasteiger partial charge is 0.746 e. The molecule has 3 aliphatic heterocycles. The molecule has 1 amide bonds. The number of nitrogens with zero attached hydrogens (tertiary/aromatic N) is 1. The molecule has 6 unspecified atom stereocenters. The summed E-state index contributed by atoms with van der Waals surface area (Å²) in [6.07, 6.45) is 3.23. The van der Waals surface area contributed by atoms with Crippen LogP contribution in [0.4, 0.5) is 8.78 Å². The smallest absolute Gasteiger partial charge is 0.309 e. The second-order valence-corrected chi connectivity index (χ2v) is 12.5. The van der Waals surface area contributed by atoms with E-state index in [4.69, 9.17) is 9.47 Å². The van der Waals surface area contributed by atoms with Gasteiger partial charge in [-0.25, -0.2) is 17.2 Å². The zero-order valence-electron chi connectivity index (χ0n) is 21.1. The fraction of sp³-hybridized carbons (Fsp3) is 0.826. The number of ether oxygens (including phenoxy) is 3. The van der Waals surface area contributed by atoms with E-state index in [-0.39, 0.29) is 5.92 Å². The SMILES string of the molecule is CC(C)(C)N1C(=O)C2C3OC(C(OC(=O)C4CCCCCCC4)C31)C2C(=O)O[CH-]C(F)(F)S(=O)(=O)[O-].[Rf]. The zero-order chi connectivity index (χ0) is 26.6. The fourth-order valence-electron chi connectivity index (χ4n) is 5.99. The van der Waals surface area contributed by atoms with E-state index in [1.165, 1.54) is 4.90 Å². The normalized spacial score (nSPS) is 32.5. The van der Waals surface area contributed by atoms with Crippen molar-refractivity contribution in [2.75, 3.05) is 0 Å². The van der Waals surface area contributed by atoms with E-state index in [9.17, 15) is 36.1 Å². The average Bonchev–Trinajstić information content (AvgIpc) is 3.33. The van der Waals surface area contributed by atoms with E-state index in [1.54, 1.807) is 20.8 Å². The summed E-state index contributed by atoms with van der Waals surface area (Å²) in [6, 6.07) is -0.665. The quantitative estimate of drug-likeness (QED) is 0.225. The first-order chi connectivity index (χ1) is 16.6. The van der Waals surface area contributed by atoms with Gasteiger partial charge in [-0.1, -0.05) is 38.7 Å². The fourth-order valence-corrected chi connectivity index (χ4v) is 6.16. The summed E-state index contributed by atoms with van der Waals surface area (Å²) >= 11 is 0. The molecule has 37 heavy (non-hydrogen) atoms. The van der Waals surface area contributed by atoms with E-state index in [0.29, 0.717) is 12.8 Å². The summed E-state index contributed by atoms with van der Waals surface area (Å²) in [5.41, 5.74) is -0.730. The molecule has 4 aliphatic rings. The number of carbonyl (C=O) groups excluding carboxylic acids is 3. The molecular formula is C23H31F2NO9RfS-2. The predicted octanol–water partition coefficient (Wildman–Crippen LogP) is 2.12. The van der Waals surface area contributed by atoms with Crippen molar-refractivity contribution in [1.29, 1.82) is 0 Å². The van der Waals surface area contributed by atoms with E-state index in [0.717, 1.165) is 32.1 Å². The number of hydrogen-bond donors (Lipinski definition) is 0. The number of likely N-dealkylation sites (tertiary alicyclic amines) is 1. The van der Waals surface area contributed by atoms with Crippen LogP contribution in [0.25, 0.3) is 0 Å². The first-order valence-corrected chi connectivity index (χ1v) is 13.6. The van der Waals surface area contributed by atoms with Crippen molar-refractivity contribution in [3.05, 3.63) is 6.61 Å². The van der Waals surface area contributed by atoms with E-state index in [2.05, 4.69) is 4.74 Å². The molecule has 0 aromatic heterocycles. The Hall–Kier alpha value is -2.86. The van der Waals surface area contributed by atoms with Gasteiger partial charge >= 0.3 is 5.97 Å². The first kappa shape index (κ1) is 28.7. The third-order valence-corrected chi connectivity index (χ3v) is 8.32. The molecule has 6 atom stereocenters. The van der Waals surface area contributed by atoms with Crippen LogP contribution in [0.5, 0.6) is 0 Å². The molecule has 3 saturated heterocycles. The van der Waals surface area contributed by atoms with Gasteiger partial charge in [0.1, 0.15) is 16.2 Å². The molecule has 1 aliphatic carbocycles. The van der Waals surface area contributed by atoms with Crippen LogP contribution in [0.3, 0.4) is 0 Å². The number of halogens is 2. The molecule has 14 heteroatoms. The molecule has 10 nitrogen and oxygen atoms in total. The molecule has 1 saturated carbocycles. The van der Waals surface area contributed by atoms with E-state index >= 15 is 0 Å². The standard InChI is InChI=1S/C23H32F2NO9S.Rf/c1-22(2,3)26-15-16-13(19(26)27)14(21(29)33-11-23(24,25)36(30,31)32)17(34-16)18(15)35-20(28)12-9-7-5-4-6-8-10-12;/h11-18H,4-10H2,1-3H3,(H,30,31,32);/q-1;/p-1. The second kappa shape index (κ2) is 9.79. The zero-order valence-corrected chi connectivity index (χ0v) is 28.3. The van der Waals surface area contributed by atoms with Gasteiger partial charge in [-0.05, 0) is 33.6 Å². The van der Waals surface area contributed by atoms with Gasteiger partial charge in [-0.15, -0.1) is 0 Å². The third-order valence-electron chi connectivity index (χ3n) is 7.56. The van der Waals surface area contributed by atoms with Crippen molar-refractivity contribution < 1.29 is 50.3 Å². The summed E-state index contributed by atoms with van der Waals surface area (Å²) in [5.74, 6) is -5.11. The molecule has 4 rings (SSSR count). The van der Waals surface area contributed by atoms with Crippen molar-refractivity contribution in [2.24, 2.45) is 17.8 Å². The summed E-state index contributed by atoms with van der Waals surface area (Å²) in [6.45, 7) is 4.68. The topological polar surface area (TPSA) is 139 Å². The van der Waals surface area contributed by atoms with Crippen molar-refractivity contribution >= 4 is 28.0 Å². The Labute approximate surface area is 208 Å². The Bertz CT molecular complexity index is 1010. The number of hydrogen-bond acceptors (Lipinski definition) is 9. The number of fused-ring (bicyclic) bond motifs is 1. The van der Waals surface area contributed by atoms with Gasteiger partial charge in [0.15, 0.2) is 6.10 Å². The predicted molar refractivity (Wildman–Crippen MR) is 117 cm³/mol. The Kier molecular flexibility index (Phi) is 7.59. The van der Waals surface area contributed by atoms with Crippen LogP contribution in [0.15, 0.2) is 0 Å². The van der Waals surface area contributed by atoms with Crippen molar-refractivity contribution in [2.45, 2.75) is 101 Å². The summed E-state index contributed by atoms with van der Waals surface area (Å²) in [4.78, 5) is 40.9. The maximum Gasteiger partial charge on any atom is 0.309 e. The molecule has 0 spiro atoms. The molecular weight excluding hydrogens is 771 g/mol. The summed E-state index contributed by atoms with van der Waals surface area (Å²) in [7, 11) is -6.12. The van der Waals surface area contributed by atoms with Crippen LogP contribution in [-0.4, -0.2) is 70.9 Å². The maximum atomic E-state index is 13.6. The van der Waals surface area contributed by atoms with Gasteiger partial charge in [-0.2, -0.15) is 0 Å². The van der Waals surface area contributed by atoms with Gasteiger partial charge < -0.3 is 23.7 Å². The monoisotopic (exact) mass is 802 g/mol. The van der Waals surface area contributed by atoms with E-state index in [1.807, 2.05) is 0 Å². The van der Waals surface area contributed by atoms with Crippen LogP contribution < -0.4 is 0 Å². The first-order valence-electron chi connectivity index (χ1n) is 12.2. The second-order valence-electron chi connectivity index (χ2n) is 11.0. The number of esters is 2. The Morgan fingerprint density at radius 3 is 2.16 bits per heavy atom. The van der Waals surface area contributed by atoms with Gasteiger partial charge in [0.05, 0.1) is 29.9 Å². The molecule has 0 aromatic rings. The molecule has 4 fully saturated rings. The van der Waals surface area contributed by atoms with Crippen LogP contribution in [0.2, 0.25) is 0 Å². The number of carbonyl (C=O) groups is 3. The van der Waals surface area contributed by atoms with Gasteiger partial charge in [-0.3, -0.25) is 14.4 Å². The minimum absolute atomic E-state index is 0. The van der Waals surface area contributed by atoms with Gasteiger partial charge in [0, 0.05) is 5.54 Å². The third kappa shape index (κ3) is 5.00. The van der Waals surface area contributed by atoms with Crippen molar-refractivity contribution in [1.82, 2.24) is 4.90 Å². The Balaban J connectivity index is 0.00000380. The van der Waals surface area contributed by atoms with E-state index < -0.39 is 81.6 Å². The molecule has 3 heterocycles. The Morgan fingerprint density at radius 1 is 1.05 bits per heavy atom. The average molecular weight is 803 g/mol. The van der Waals surface area contributed by atoms with Crippen LogP contribution in [0, 0.1) is 24.4 Å².